The van der Waals surface area contributed by atoms with E-state index in [0.717, 1.165) is 6.42 Å². The smallest absolute Gasteiger partial charge is 0.244 e. The van der Waals surface area contributed by atoms with Gasteiger partial charge in [-0.1, -0.05) is 42.1 Å². The molecule has 86 valence electrons. The van der Waals surface area contributed by atoms with Gasteiger partial charge in [0.05, 0.1) is 0 Å². The lowest BCUT2D eigenvalue weighted by Crippen LogP contribution is -1.89. The monoisotopic (exact) mass is 226 g/mol. The van der Waals surface area contributed by atoms with Gasteiger partial charge < -0.3 is 5.21 Å². The summed E-state index contributed by atoms with van der Waals surface area (Å²) in [7, 11) is 0. The second-order valence-corrected chi connectivity index (χ2v) is 3.73. The minimum atomic E-state index is 0.534. The second-order valence-electron chi connectivity index (χ2n) is 3.73. The molecule has 2 aromatic rings. The Bertz CT molecular complexity index is 504. The quantitative estimate of drug-likeness (QED) is 0.439. The second kappa shape index (κ2) is 5.25. The van der Waals surface area contributed by atoms with Crippen molar-refractivity contribution in [1.82, 2.24) is 0 Å². The number of aryl methyl sites for hydroxylation is 1. The molecule has 0 aromatic heterocycles. The number of benzene rings is 2. The minimum Gasteiger partial charge on any atom is -0.594 e. The maximum Gasteiger partial charge on any atom is 0.244 e. The SMILES string of the molecule is CCc1ccc(N=[N+]([O-])c2ccccc2)cc1. The number of hydrogen-bond acceptors (Lipinski definition) is 2. The van der Waals surface area contributed by atoms with E-state index in [1.54, 1.807) is 12.1 Å². The highest BCUT2D eigenvalue weighted by molar-refractivity contribution is 5.38. The molecule has 2 aromatic carbocycles. The van der Waals surface area contributed by atoms with Crippen LogP contribution >= 0.6 is 0 Å². The molecule has 3 heteroatoms. The fourth-order valence-corrected chi connectivity index (χ4v) is 1.52. The molecular weight excluding hydrogens is 212 g/mol. The van der Waals surface area contributed by atoms with Crippen molar-refractivity contribution in [2.45, 2.75) is 13.3 Å². The van der Waals surface area contributed by atoms with Crippen molar-refractivity contribution in [3.05, 3.63) is 65.4 Å². The van der Waals surface area contributed by atoms with Crippen molar-refractivity contribution in [3.8, 4) is 0 Å². The third-order valence-electron chi connectivity index (χ3n) is 2.53. The summed E-state index contributed by atoms with van der Waals surface area (Å²) in [5, 5.41) is 15.7. The van der Waals surface area contributed by atoms with Crippen molar-refractivity contribution in [3.63, 3.8) is 0 Å². The maximum atomic E-state index is 11.7. The molecule has 17 heavy (non-hydrogen) atoms. The molecule has 0 heterocycles. The van der Waals surface area contributed by atoms with E-state index in [-0.39, 0.29) is 0 Å². The number of azo groups is 1. The number of rotatable bonds is 3. The van der Waals surface area contributed by atoms with E-state index in [2.05, 4.69) is 12.0 Å². The summed E-state index contributed by atoms with van der Waals surface area (Å²) in [4.78, 5) is 0.640. The summed E-state index contributed by atoms with van der Waals surface area (Å²) in [6.45, 7) is 2.09. The minimum absolute atomic E-state index is 0.534. The first-order valence-corrected chi connectivity index (χ1v) is 5.62. The van der Waals surface area contributed by atoms with Crippen LogP contribution in [0.2, 0.25) is 0 Å². The molecule has 0 spiro atoms. The molecule has 0 atom stereocenters. The molecule has 0 radical (unpaired) electrons. The van der Waals surface area contributed by atoms with Gasteiger partial charge in [-0.05, 0) is 24.1 Å². The summed E-state index contributed by atoms with van der Waals surface area (Å²) in [6.07, 6.45) is 0.986. The van der Waals surface area contributed by atoms with E-state index >= 15 is 0 Å². The Morgan fingerprint density at radius 2 is 1.65 bits per heavy atom. The Hall–Kier alpha value is -2.16. The Morgan fingerprint density at radius 3 is 2.24 bits per heavy atom. The van der Waals surface area contributed by atoms with Crippen LogP contribution in [0.15, 0.2) is 59.7 Å². The lowest BCUT2D eigenvalue weighted by Gasteiger charge is -1.99. The average molecular weight is 226 g/mol. The third kappa shape index (κ3) is 2.91. The van der Waals surface area contributed by atoms with Crippen LogP contribution in [-0.2, 0) is 6.42 Å². The molecule has 0 fully saturated rings. The Labute approximate surface area is 101 Å². The number of para-hydroxylation sites is 1. The number of nitrogens with zero attached hydrogens (tertiary/aromatic N) is 2. The van der Waals surface area contributed by atoms with Gasteiger partial charge >= 0.3 is 0 Å². The van der Waals surface area contributed by atoms with Crippen LogP contribution < -0.4 is 0 Å². The van der Waals surface area contributed by atoms with Crippen molar-refractivity contribution in [1.29, 1.82) is 0 Å². The maximum absolute atomic E-state index is 11.7. The predicted molar refractivity (Wildman–Crippen MR) is 67.6 cm³/mol. The van der Waals surface area contributed by atoms with Gasteiger partial charge in [0, 0.05) is 17.2 Å². The van der Waals surface area contributed by atoms with Crippen molar-refractivity contribution >= 4 is 11.4 Å². The van der Waals surface area contributed by atoms with Crippen LogP contribution in [0.1, 0.15) is 12.5 Å². The van der Waals surface area contributed by atoms with Gasteiger partial charge in [-0.25, -0.2) is 0 Å². The van der Waals surface area contributed by atoms with Gasteiger partial charge in [0.25, 0.3) is 0 Å². The van der Waals surface area contributed by atoms with Crippen LogP contribution in [0, 0.1) is 5.21 Å². The fraction of sp³-hybridized carbons (Fsp3) is 0.143. The molecule has 2 rings (SSSR count). The highest BCUT2D eigenvalue weighted by atomic mass is 16.5. The van der Waals surface area contributed by atoms with Gasteiger partial charge in [-0.3, -0.25) is 0 Å². The van der Waals surface area contributed by atoms with Crippen molar-refractivity contribution in [2.24, 2.45) is 5.11 Å². The largest absolute Gasteiger partial charge is 0.594 e. The molecule has 0 aliphatic carbocycles. The number of hydrogen-bond donors (Lipinski definition) is 0. The fourth-order valence-electron chi connectivity index (χ4n) is 1.52. The van der Waals surface area contributed by atoms with Crippen LogP contribution in [0.25, 0.3) is 0 Å². The van der Waals surface area contributed by atoms with Gasteiger partial charge in [0.1, 0.15) is 5.69 Å². The average Bonchev–Trinajstić information content (AvgIpc) is 2.40. The van der Waals surface area contributed by atoms with E-state index in [1.807, 2.05) is 42.5 Å². The molecule has 0 amide bonds. The molecule has 3 nitrogen and oxygen atoms in total. The van der Waals surface area contributed by atoms with E-state index in [0.29, 0.717) is 16.2 Å². The van der Waals surface area contributed by atoms with Gasteiger partial charge in [-0.2, -0.15) is 0 Å². The van der Waals surface area contributed by atoms with Crippen molar-refractivity contribution in [2.75, 3.05) is 0 Å². The van der Waals surface area contributed by atoms with Crippen LogP contribution in [0.3, 0.4) is 0 Å². The first kappa shape index (κ1) is 11.3. The summed E-state index contributed by atoms with van der Waals surface area (Å²) >= 11 is 0. The van der Waals surface area contributed by atoms with Crippen molar-refractivity contribution < 1.29 is 4.86 Å². The molecule has 0 unspecified atom stereocenters. The van der Waals surface area contributed by atoms with Gasteiger partial charge in [0.2, 0.25) is 5.69 Å². The Balaban J connectivity index is 2.23. The summed E-state index contributed by atoms with van der Waals surface area (Å²) < 4.78 is 0. The molecule has 0 aliphatic heterocycles. The Morgan fingerprint density at radius 1 is 1.00 bits per heavy atom. The molecule has 0 bridgehead atoms. The van der Waals surface area contributed by atoms with Gasteiger partial charge in [0.15, 0.2) is 0 Å². The predicted octanol–water partition coefficient (Wildman–Crippen LogP) is 4.17. The molecule has 0 saturated heterocycles. The molecular formula is C14H14N2O. The zero-order valence-electron chi connectivity index (χ0n) is 9.71. The topological polar surface area (TPSA) is 38.4 Å². The van der Waals surface area contributed by atoms with Crippen LogP contribution in [-0.4, -0.2) is 4.86 Å². The van der Waals surface area contributed by atoms with E-state index in [1.165, 1.54) is 5.56 Å². The lowest BCUT2D eigenvalue weighted by atomic mass is 10.2. The zero-order chi connectivity index (χ0) is 12.1. The van der Waals surface area contributed by atoms with E-state index < -0.39 is 0 Å². The highest BCUT2D eigenvalue weighted by Crippen LogP contribution is 2.17. The third-order valence-corrected chi connectivity index (χ3v) is 2.53. The molecule has 0 aliphatic rings. The molecule has 0 N–H and O–H groups in total. The van der Waals surface area contributed by atoms with Gasteiger partial charge in [-0.15, -0.1) is 0 Å². The summed E-state index contributed by atoms with van der Waals surface area (Å²) in [6, 6.07) is 16.6. The summed E-state index contributed by atoms with van der Waals surface area (Å²) in [5.41, 5.74) is 2.44. The highest BCUT2D eigenvalue weighted by Gasteiger charge is 2.01. The molecule has 0 saturated carbocycles. The first-order valence-electron chi connectivity index (χ1n) is 5.62. The van der Waals surface area contributed by atoms with E-state index in [4.69, 9.17) is 0 Å². The first-order chi connectivity index (χ1) is 8.29. The Kier molecular flexibility index (Phi) is 3.50. The zero-order valence-corrected chi connectivity index (χ0v) is 9.71. The standard InChI is InChI=1S/C14H14N2O/c1-2-12-8-10-13(11-9-12)15-16(17)14-6-4-3-5-7-14/h3-11H,2H2,1H3. The summed E-state index contributed by atoms with van der Waals surface area (Å²) in [5.74, 6) is 0. The van der Waals surface area contributed by atoms with E-state index in [9.17, 15) is 5.21 Å². The van der Waals surface area contributed by atoms with Crippen LogP contribution in [0.4, 0.5) is 11.4 Å². The lowest BCUT2D eigenvalue weighted by molar-refractivity contribution is -0.435. The normalized spacial score (nSPS) is 11.5. The van der Waals surface area contributed by atoms with Crippen LogP contribution in [0.5, 0.6) is 0 Å².